The van der Waals surface area contributed by atoms with Gasteiger partial charge in [0.25, 0.3) is 0 Å². The van der Waals surface area contributed by atoms with Gasteiger partial charge in [0, 0.05) is 17.1 Å². The Morgan fingerprint density at radius 3 is 2.74 bits per heavy atom. The second-order valence-electron chi connectivity index (χ2n) is 7.50. The minimum Gasteiger partial charge on any atom is -0.361 e. The van der Waals surface area contributed by atoms with E-state index >= 15 is 0 Å². The van der Waals surface area contributed by atoms with Gasteiger partial charge in [0.05, 0.1) is 17.2 Å². The summed E-state index contributed by atoms with van der Waals surface area (Å²) < 4.78 is 4.98. The lowest BCUT2D eigenvalue weighted by Crippen LogP contribution is -2.32. The van der Waals surface area contributed by atoms with Crippen molar-refractivity contribution < 1.29 is 9.55 Å². The molecule has 1 aliphatic rings. The molecule has 0 atom stereocenters. The quantitative estimate of drug-likeness (QED) is 0.308. The topological polar surface area (TPSA) is 110 Å². The van der Waals surface area contributed by atoms with E-state index in [-0.39, 0.29) is 11.2 Å². The molecule has 0 radical (unpaired) electrons. The summed E-state index contributed by atoms with van der Waals surface area (Å²) in [4.78, 5) is 19.2. The number of fused-ring (bicyclic) bond motifs is 1. The summed E-state index contributed by atoms with van der Waals surface area (Å²) in [6.07, 6.45) is 6.10. The maximum atomic E-state index is 11.9. The van der Waals surface area contributed by atoms with Gasteiger partial charge in [0.15, 0.2) is 5.52 Å². The number of rotatable bonds is 7. The molecular weight excluding hydrogens is 416 g/mol. The molecule has 0 spiro atoms. The van der Waals surface area contributed by atoms with Crippen molar-refractivity contribution in [1.29, 1.82) is 0 Å². The lowest BCUT2D eigenvalue weighted by atomic mass is 10.1. The van der Waals surface area contributed by atoms with Crippen molar-refractivity contribution in [3.63, 3.8) is 0 Å². The van der Waals surface area contributed by atoms with Gasteiger partial charge in [-0.15, -0.1) is 11.3 Å². The molecule has 9 nitrogen and oxygen atoms in total. The predicted molar refractivity (Wildman–Crippen MR) is 119 cm³/mol. The van der Waals surface area contributed by atoms with Gasteiger partial charge in [-0.2, -0.15) is 0 Å². The average molecular weight is 436 g/mol. The number of nitrogens with zero attached hydrogens (tertiary/aromatic N) is 5. The van der Waals surface area contributed by atoms with Crippen LogP contribution in [0.3, 0.4) is 0 Å². The van der Waals surface area contributed by atoms with Gasteiger partial charge in [-0.1, -0.05) is 25.0 Å². The Morgan fingerprint density at radius 1 is 1.19 bits per heavy atom. The Kier molecular flexibility index (Phi) is 5.21. The summed E-state index contributed by atoms with van der Waals surface area (Å²) in [6, 6.07) is 11.6. The lowest BCUT2D eigenvalue weighted by Gasteiger charge is -2.31. The molecule has 158 valence electrons. The number of hydrogen-bond acceptors (Lipinski definition) is 9. The molecule has 1 aromatic carbocycles. The lowest BCUT2D eigenvalue weighted by molar-refractivity contribution is -0.382. The summed E-state index contributed by atoms with van der Waals surface area (Å²) in [5.41, 5.74) is 1.46. The summed E-state index contributed by atoms with van der Waals surface area (Å²) in [6.45, 7) is 0.700. The Labute approximate surface area is 181 Å². The highest BCUT2D eigenvalue weighted by molar-refractivity contribution is 7.09. The largest absolute Gasteiger partial charge is 0.361 e. The van der Waals surface area contributed by atoms with Crippen LogP contribution in [0.5, 0.6) is 0 Å². The van der Waals surface area contributed by atoms with E-state index < -0.39 is 4.92 Å². The Hall–Kier alpha value is -3.53. The first-order valence-corrected chi connectivity index (χ1v) is 11.0. The van der Waals surface area contributed by atoms with E-state index in [0.717, 1.165) is 31.4 Å². The summed E-state index contributed by atoms with van der Waals surface area (Å²) in [7, 11) is 0. The number of benzene rings is 1. The van der Waals surface area contributed by atoms with Gasteiger partial charge in [0.1, 0.15) is 11.5 Å². The molecule has 1 saturated carbocycles. The predicted octanol–water partition coefficient (Wildman–Crippen LogP) is 5.28. The highest BCUT2D eigenvalue weighted by Crippen LogP contribution is 2.42. The van der Waals surface area contributed by atoms with Crippen LogP contribution in [0.25, 0.3) is 11.0 Å². The van der Waals surface area contributed by atoms with E-state index in [2.05, 4.69) is 37.0 Å². The van der Waals surface area contributed by atoms with E-state index in [1.165, 1.54) is 4.88 Å². The van der Waals surface area contributed by atoms with Crippen molar-refractivity contribution >= 4 is 45.3 Å². The van der Waals surface area contributed by atoms with Crippen LogP contribution in [-0.4, -0.2) is 26.3 Å². The second-order valence-corrected chi connectivity index (χ2v) is 8.53. The van der Waals surface area contributed by atoms with Crippen LogP contribution in [0, 0.1) is 10.1 Å². The highest BCUT2D eigenvalue weighted by atomic mass is 32.1. The van der Waals surface area contributed by atoms with Crippen LogP contribution in [0.2, 0.25) is 0 Å². The zero-order chi connectivity index (χ0) is 21.2. The van der Waals surface area contributed by atoms with Gasteiger partial charge in [-0.3, -0.25) is 10.1 Å². The number of aromatic nitrogens is 3. The van der Waals surface area contributed by atoms with Crippen molar-refractivity contribution in [2.45, 2.75) is 38.3 Å². The maximum Gasteiger partial charge on any atom is 0.324 e. The Balaban J connectivity index is 1.66. The molecule has 1 N–H and O–H groups in total. The third-order valence-corrected chi connectivity index (χ3v) is 6.44. The Bertz CT molecular complexity index is 1190. The van der Waals surface area contributed by atoms with E-state index in [4.69, 9.17) is 4.63 Å². The minimum absolute atomic E-state index is 0.134. The number of pyridine rings is 1. The first-order chi connectivity index (χ1) is 15.2. The van der Waals surface area contributed by atoms with Crippen molar-refractivity contribution in [3.05, 3.63) is 63.0 Å². The first kappa shape index (κ1) is 19.4. The molecule has 5 rings (SSSR count). The molecule has 31 heavy (non-hydrogen) atoms. The number of nitro groups is 1. The third-order valence-electron chi connectivity index (χ3n) is 5.58. The van der Waals surface area contributed by atoms with Crippen LogP contribution < -0.4 is 10.2 Å². The zero-order valence-corrected chi connectivity index (χ0v) is 17.4. The van der Waals surface area contributed by atoms with Crippen molar-refractivity contribution in [2.24, 2.45) is 0 Å². The van der Waals surface area contributed by atoms with Crippen LogP contribution in [-0.2, 0) is 6.54 Å². The zero-order valence-electron chi connectivity index (χ0n) is 16.6. The standard InChI is InChI=1S/C21H20N6O3S/c28-27(29)21-16(23-18-9-3-4-10-22-18)12-17(19-20(21)25-30-24-19)26(14-6-1-2-7-14)13-15-8-5-11-31-15/h3-5,8-12,14H,1-2,6-7,13H2,(H,22,23). The van der Waals surface area contributed by atoms with Crippen LogP contribution in [0.4, 0.5) is 22.9 Å². The molecule has 3 aromatic heterocycles. The molecule has 3 heterocycles. The van der Waals surface area contributed by atoms with E-state index in [0.29, 0.717) is 29.6 Å². The van der Waals surface area contributed by atoms with Crippen molar-refractivity contribution in [2.75, 3.05) is 10.2 Å². The average Bonchev–Trinajstić information content (AvgIpc) is 3.54. The molecular formula is C21H20N6O3S. The molecule has 0 unspecified atom stereocenters. The van der Waals surface area contributed by atoms with Crippen LogP contribution in [0.15, 0.2) is 52.6 Å². The maximum absolute atomic E-state index is 11.9. The van der Waals surface area contributed by atoms with Gasteiger partial charge < -0.3 is 10.2 Å². The van der Waals surface area contributed by atoms with Gasteiger partial charge >= 0.3 is 5.69 Å². The monoisotopic (exact) mass is 436 g/mol. The molecule has 0 aliphatic heterocycles. The normalized spacial score (nSPS) is 14.2. The molecule has 0 bridgehead atoms. The fraction of sp³-hybridized carbons (Fsp3) is 0.286. The molecule has 0 saturated heterocycles. The molecule has 1 fully saturated rings. The number of hydrogen-bond donors (Lipinski definition) is 1. The van der Waals surface area contributed by atoms with Crippen molar-refractivity contribution in [3.8, 4) is 0 Å². The molecule has 4 aromatic rings. The third kappa shape index (κ3) is 3.81. The minimum atomic E-state index is -0.458. The smallest absolute Gasteiger partial charge is 0.324 e. The van der Waals surface area contributed by atoms with Gasteiger partial charge in [-0.05, 0) is 52.8 Å². The van der Waals surface area contributed by atoms with E-state index in [1.54, 1.807) is 35.7 Å². The number of nitro benzene ring substituents is 1. The summed E-state index contributed by atoms with van der Waals surface area (Å²) in [5.74, 6) is 0.512. The fourth-order valence-corrected chi connectivity index (χ4v) is 4.89. The summed E-state index contributed by atoms with van der Waals surface area (Å²) in [5, 5.41) is 25.0. The SMILES string of the molecule is O=[N+]([O-])c1c(Nc2ccccn2)cc(N(Cc2cccs2)C2CCCC2)c2nonc12. The van der Waals surface area contributed by atoms with Gasteiger partial charge in [0.2, 0.25) is 5.52 Å². The molecule has 1 aliphatic carbocycles. The van der Waals surface area contributed by atoms with Gasteiger partial charge in [-0.25, -0.2) is 9.61 Å². The molecule has 0 amide bonds. The van der Waals surface area contributed by atoms with Crippen LogP contribution in [0.1, 0.15) is 30.6 Å². The van der Waals surface area contributed by atoms with Crippen molar-refractivity contribution in [1.82, 2.24) is 15.3 Å². The first-order valence-electron chi connectivity index (χ1n) is 10.1. The van der Waals surface area contributed by atoms with E-state index in [9.17, 15) is 10.1 Å². The second kappa shape index (κ2) is 8.31. The molecule has 10 heteroatoms. The van der Waals surface area contributed by atoms with Crippen LogP contribution >= 0.6 is 11.3 Å². The number of nitrogens with one attached hydrogen (secondary N) is 1. The fourth-order valence-electron chi connectivity index (χ4n) is 4.18. The summed E-state index contributed by atoms with van der Waals surface area (Å²) >= 11 is 1.69. The van der Waals surface area contributed by atoms with E-state index in [1.807, 2.05) is 12.1 Å². The number of thiophene rings is 1. The highest BCUT2D eigenvalue weighted by Gasteiger charge is 2.31. The Morgan fingerprint density at radius 2 is 2.03 bits per heavy atom. The number of anilines is 3.